The second-order valence-corrected chi connectivity index (χ2v) is 11.4. The number of halogens is 1. The molecule has 5 rings (SSSR count). The van der Waals surface area contributed by atoms with Gasteiger partial charge in [0.25, 0.3) is 0 Å². The lowest BCUT2D eigenvalue weighted by molar-refractivity contribution is 0.234. The van der Waals surface area contributed by atoms with Gasteiger partial charge in [-0.2, -0.15) is 0 Å². The first kappa shape index (κ1) is 24.9. The third-order valence-corrected chi connectivity index (χ3v) is 8.50. The molecule has 1 aliphatic rings. The van der Waals surface area contributed by atoms with Gasteiger partial charge >= 0.3 is 0 Å². The minimum Gasteiger partial charge on any atom is -0.508 e. The van der Waals surface area contributed by atoms with E-state index in [2.05, 4.69) is 56.5 Å². The number of aryl methyl sites for hydroxylation is 2. The van der Waals surface area contributed by atoms with Crippen LogP contribution in [-0.4, -0.2) is 36.2 Å². The van der Waals surface area contributed by atoms with Crippen LogP contribution in [0.4, 0.5) is 0 Å². The van der Waals surface area contributed by atoms with Gasteiger partial charge in [0.15, 0.2) is 0 Å². The number of nitrogens with zero attached hydrogens (tertiary/aromatic N) is 1. The highest BCUT2D eigenvalue weighted by Crippen LogP contribution is 2.46. The quantitative estimate of drug-likeness (QED) is 0.267. The van der Waals surface area contributed by atoms with Crippen LogP contribution in [0.25, 0.3) is 26.8 Å². The van der Waals surface area contributed by atoms with Gasteiger partial charge in [0.2, 0.25) is 0 Å². The molecule has 4 aromatic rings. The van der Waals surface area contributed by atoms with Crippen LogP contribution in [-0.2, 0) is 0 Å². The van der Waals surface area contributed by atoms with Crippen molar-refractivity contribution in [3.8, 4) is 22.6 Å². The van der Waals surface area contributed by atoms with Gasteiger partial charge in [-0.25, -0.2) is 0 Å². The van der Waals surface area contributed by atoms with Crippen LogP contribution in [0.15, 0.2) is 61.2 Å². The Morgan fingerprint density at radius 1 is 1.11 bits per heavy atom. The molecule has 0 bridgehead atoms. The Morgan fingerprint density at radius 3 is 2.50 bits per heavy atom. The SMILES string of the molecule is C=C(c1sc2cc(O)ccc2c1-c1ccc(OCCN2CCC(C)C2)cc1)c1c(C)cc(Cl)cc1C. The van der Waals surface area contributed by atoms with Crippen LogP contribution in [0.2, 0.25) is 5.02 Å². The smallest absolute Gasteiger partial charge is 0.119 e. The Hall–Kier alpha value is -2.79. The van der Waals surface area contributed by atoms with Gasteiger partial charge < -0.3 is 9.84 Å². The second kappa shape index (κ2) is 10.3. The molecule has 0 aliphatic carbocycles. The maximum absolute atomic E-state index is 10.1. The number of hydrogen-bond donors (Lipinski definition) is 1. The molecular formula is C31H32ClNO2S. The monoisotopic (exact) mass is 517 g/mol. The highest BCUT2D eigenvalue weighted by molar-refractivity contribution is 7.20. The zero-order valence-corrected chi connectivity index (χ0v) is 22.7. The molecule has 186 valence electrons. The topological polar surface area (TPSA) is 32.7 Å². The van der Waals surface area contributed by atoms with Gasteiger partial charge in [-0.05, 0) is 103 Å². The molecular weight excluding hydrogens is 486 g/mol. The maximum atomic E-state index is 10.1. The van der Waals surface area contributed by atoms with Gasteiger partial charge in [-0.1, -0.05) is 37.2 Å². The summed E-state index contributed by atoms with van der Waals surface area (Å²) in [6, 6.07) is 17.9. The first-order valence-electron chi connectivity index (χ1n) is 12.5. The van der Waals surface area contributed by atoms with E-state index in [0.29, 0.717) is 6.61 Å². The van der Waals surface area contributed by atoms with Gasteiger partial charge in [0.05, 0.1) is 0 Å². The summed E-state index contributed by atoms with van der Waals surface area (Å²) < 4.78 is 7.10. The molecule has 1 saturated heterocycles. The van der Waals surface area contributed by atoms with Crippen molar-refractivity contribution in [3.63, 3.8) is 0 Å². The molecule has 3 aromatic carbocycles. The van der Waals surface area contributed by atoms with Crippen molar-refractivity contribution in [1.82, 2.24) is 4.90 Å². The first-order chi connectivity index (χ1) is 17.3. The zero-order valence-electron chi connectivity index (χ0n) is 21.1. The molecule has 1 atom stereocenters. The minimum absolute atomic E-state index is 0.266. The molecule has 1 unspecified atom stereocenters. The van der Waals surface area contributed by atoms with Crippen LogP contribution in [0.5, 0.6) is 11.5 Å². The highest BCUT2D eigenvalue weighted by atomic mass is 35.5. The molecule has 0 saturated carbocycles. The second-order valence-electron chi connectivity index (χ2n) is 9.95. The molecule has 0 amide bonds. The number of ether oxygens (including phenoxy) is 1. The van der Waals surface area contributed by atoms with E-state index in [-0.39, 0.29) is 5.75 Å². The van der Waals surface area contributed by atoms with E-state index in [4.69, 9.17) is 16.3 Å². The van der Waals surface area contributed by atoms with E-state index in [1.807, 2.05) is 24.3 Å². The summed E-state index contributed by atoms with van der Waals surface area (Å²) in [6.07, 6.45) is 1.28. The zero-order chi connectivity index (χ0) is 25.4. The molecule has 1 N–H and O–H groups in total. The largest absolute Gasteiger partial charge is 0.508 e. The summed E-state index contributed by atoms with van der Waals surface area (Å²) in [7, 11) is 0. The summed E-state index contributed by atoms with van der Waals surface area (Å²) >= 11 is 7.97. The summed E-state index contributed by atoms with van der Waals surface area (Å²) in [5.41, 5.74) is 6.53. The number of hydrogen-bond acceptors (Lipinski definition) is 4. The van der Waals surface area contributed by atoms with Crippen LogP contribution in [0.3, 0.4) is 0 Å². The molecule has 36 heavy (non-hydrogen) atoms. The van der Waals surface area contributed by atoms with Crippen molar-refractivity contribution >= 4 is 38.6 Å². The Labute approximate surface area is 222 Å². The number of phenolic OH excluding ortho intramolecular Hbond substituents is 1. The Morgan fingerprint density at radius 2 is 1.83 bits per heavy atom. The third-order valence-electron chi connectivity index (χ3n) is 7.07. The summed E-state index contributed by atoms with van der Waals surface area (Å²) in [5.74, 6) is 1.94. The number of aromatic hydroxyl groups is 1. The molecule has 5 heteroatoms. The number of thiophene rings is 1. The van der Waals surface area contributed by atoms with Crippen molar-refractivity contribution in [3.05, 3.63) is 87.8 Å². The van der Waals surface area contributed by atoms with Gasteiger partial charge in [-0.15, -0.1) is 11.3 Å². The van der Waals surface area contributed by atoms with Crippen molar-refractivity contribution in [2.45, 2.75) is 27.2 Å². The lowest BCUT2D eigenvalue weighted by Gasteiger charge is -2.16. The highest BCUT2D eigenvalue weighted by Gasteiger charge is 2.21. The molecule has 1 aromatic heterocycles. The van der Waals surface area contributed by atoms with Crippen molar-refractivity contribution in [2.75, 3.05) is 26.2 Å². The lowest BCUT2D eigenvalue weighted by Crippen LogP contribution is -2.25. The third kappa shape index (κ3) is 5.04. The van der Waals surface area contributed by atoms with Crippen LogP contribution >= 0.6 is 22.9 Å². The molecule has 3 nitrogen and oxygen atoms in total. The number of phenols is 1. The number of fused-ring (bicyclic) bond motifs is 1. The molecule has 0 spiro atoms. The summed E-state index contributed by atoms with van der Waals surface area (Å²) in [4.78, 5) is 3.57. The Balaban J connectivity index is 1.46. The predicted molar refractivity (Wildman–Crippen MR) is 154 cm³/mol. The van der Waals surface area contributed by atoms with Crippen LogP contribution in [0, 0.1) is 19.8 Å². The number of rotatable bonds is 7. The maximum Gasteiger partial charge on any atom is 0.119 e. The minimum atomic E-state index is 0.266. The van der Waals surface area contributed by atoms with Gasteiger partial charge in [-0.3, -0.25) is 4.90 Å². The molecule has 2 heterocycles. The summed E-state index contributed by atoms with van der Waals surface area (Å²) in [6.45, 7) is 15.0. The standard InChI is InChI=1S/C31H32ClNO2S/c1-19-11-12-33(18-19)13-14-35-26-8-5-23(6-9-26)30-27-10-7-25(34)17-28(27)36-31(30)22(4)29-20(2)15-24(32)16-21(29)3/h5-10,15-17,19,34H,4,11-14,18H2,1-3H3. The molecule has 0 radical (unpaired) electrons. The van der Waals surface area contributed by atoms with Crippen LogP contribution < -0.4 is 4.74 Å². The van der Waals surface area contributed by atoms with Gasteiger partial charge in [0.1, 0.15) is 18.1 Å². The lowest BCUT2D eigenvalue weighted by atomic mass is 9.91. The Bertz CT molecular complexity index is 1400. The van der Waals surface area contributed by atoms with Crippen LogP contribution in [0.1, 0.15) is 34.9 Å². The predicted octanol–water partition coefficient (Wildman–Crippen LogP) is 8.33. The average molecular weight is 518 g/mol. The number of benzene rings is 3. The van der Waals surface area contributed by atoms with E-state index in [1.54, 1.807) is 17.4 Å². The summed E-state index contributed by atoms with van der Waals surface area (Å²) in [5, 5.41) is 12.0. The van der Waals surface area contributed by atoms with E-state index in [9.17, 15) is 5.11 Å². The van der Waals surface area contributed by atoms with Gasteiger partial charge in [0, 0.05) is 38.6 Å². The number of likely N-dealkylation sites (tertiary alicyclic amines) is 1. The Kier molecular flexibility index (Phi) is 7.11. The fourth-order valence-corrected chi connectivity index (χ4v) is 6.89. The van der Waals surface area contributed by atoms with E-state index in [0.717, 1.165) is 71.6 Å². The average Bonchev–Trinajstić information content (AvgIpc) is 3.41. The van der Waals surface area contributed by atoms with E-state index < -0.39 is 0 Å². The first-order valence-corrected chi connectivity index (χ1v) is 13.7. The van der Waals surface area contributed by atoms with Crippen molar-refractivity contribution in [2.24, 2.45) is 5.92 Å². The molecule has 1 aliphatic heterocycles. The normalized spacial score (nSPS) is 16.1. The van der Waals surface area contributed by atoms with E-state index >= 15 is 0 Å². The van der Waals surface area contributed by atoms with E-state index in [1.165, 1.54) is 19.5 Å². The molecule has 1 fully saturated rings. The fraction of sp³-hybridized carbons (Fsp3) is 0.290. The van der Waals surface area contributed by atoms with Crippen molar-refractivity contribution < 1.29 is 9.84 Å². The fourth-order valence-electron chi connectivity index (χ4n) is 5.32. The van der Waals surface area contributed by atoms with Crippen molar-refractivity contribution in [1.29, 1.82) is 0 Å².